The highest BCUT2D eigenvalue weighted by Crippen LogP contribution is 2.44. The van der Waals surface area contributed by atoms with Gasteiger partial charge in [-0.3, -0.25) is 9.59 Å². The van der Waals surface area contributed by atoms with Crippen LogP contribution in [0.5, 0.6) is 0 Å². The van der Waals surface area contributed by atoms with E-state index in [0.29, 0.717) is 62.0 Å². The second kappa shape index (κ2) is 10.5. The minimum atomic E-state index is -0.752. The number of carbonyl (C=O) groups excluding carboxylic acids is 1. The maximum atomic E-state index is 13.7. The van der Waals surface area contributed by atoms with E-state index in [4.69, 9.17) is 24.7 Å². The lowest BCUT2D eigenvalue weighted by Gasteiger charge is -2.40. The number of aromatic amines is 1. The van der Waals surface area contributed by atoms with E-state index in [0.717, 1.165) is 32.1 Å². The molecule has 2 aliphatic heterocycles. The molecular weight excluding hydrogens is 426 g/mol. The van der Waals surface area contributed by atoms with Crippen molar-refractivity contribution in [2.45, 2.75) is 70.7 Å². The maximum absolute atomic E-state index is 13.7. The molecule has 0 bridgehead atoms. The Morgan fingerprint density at radius 1 is 1.27 bits per heavy atom. The molecule has 2 fully saturated rings. The number of fused-ring (bicyclic) bond motifs is 1. The maximum Gasteiger partial charge on any atom is 0.257 e. The lowest BCUT2D eigenvalue weighted by molar-refractivity contribution is -0.203. The van der Waals surface area contributed by atoms with Gasteiger partial charge in [-0.15, -0.1) is 0 Å². The van der Waals surface area contributed by atoms with E-state index in [9.17, 15) is 9.59 Å². The number of carbonyl (C=O) groups is 1. The van der Waals surface area contributed by atoms with Crippen LogP contribution in [-0.4, -0.2) is 54.6 Å². The van der Waals surface area contributed by atoms with Gasteiger partial charge < -0.3 is 29.7 Å². The second-order valence-corrected chi connectivity index (χ2v) is 8.97. The first-order valence-corrected chi connectivity index (χ1v) is 12.1. The minimum absolute atomic E-state index is 0.0201. The van der Waals surface area contributed by atoms with Crippen molar-refractivity contribution in [2.24, 2.45) is 11.7 Å². The number of allylic oxidation sites excluding steroid dienone is 1. The molecule has 1 aromatic rings. The van der Waals surface area contributed by atoms with Crippen LogP contribution in [0.1, 0.15) is 80.2 Å². The molecule has 1 spiro atoms. The summed E-state index contributed by atoms with van der Waals surface area (Å²) in [5.41, 5.74) is 8.34. The van der Waals surface area contributed by atoms with E-state index in [1.54, 1.807) is 0 Å². The first kappa shape index (κ1) is 24.1. The van der Waals surface area contributed by atoms with Gasteiger partial charge in [-0.2, -0.15) is 0 Å². The molecule has 3 heterocycles. The molecule has 1 saturated heterocycles. The average Bonchev–Trinajstić information content (AvgIpc) is 3.29. The Labute approximate surface area is 194 Å². The van der Waals surface area contributed by atoms with E-state index in [1.165, 1.54) is 0 Å². The molecule has 3 aliphatic rings. The first-order valence-electron chi connectivity index (χ1n) is 12.1. The predicted octanol–water partition coefficient (Wildman–Crippen LogP) is 2.55. The van der Waals surface area contributed by atoms with Crippen molar-refractivity contribution >= 4 is 5.78 Å². The Morgan fingerprint density at radius 3 is 2.79 bits per heavy atom. The quantitative estimate of drug-likeness (QED) is 0.447. The van der Waals surface area contributed by atoms with E-state index >= 15 is 0 Å². The fraction of sp³-hybridized carbons (Fsp3) is 0.708. The predicted molar refractivity (Wildman–Crippen MR) is 121 cm³/mol. The van der Waals surface area contributed by atoms with Gasteiger partial charge in [0.2, 0.25) is 5.78 Å². The van der Waals surface area contributed by atoms with Crippen molar-refractivity contribution in [1.82, 2.24) is 9.97 Å². The zero-order valence-corrected chi connectivity index (χ0v) is 19.6. The molecule has 1 aliphatic carbocycles. The Morgan fingerprint density at radius 2 is 2.06 bits per heavy atom. The van der Waals surface area contributed by atoms with Crippen LogP contribution in [0.3, 0.4) is 0 Å². The molecule has 182 valence electrons. The fourth-order valence-corrected chi connectivity index (χ4v) is 5.18. The summed E-state index contributed by atoms with van der Waals surface area (Å²) in [6, 6.07) is 0. The number of Topliss-reactive ketones (excluding diaryl/α,β-unsaturated/α-hetero) is 1. The van der Waals surface area contributed by atoms with Crippen molar-refractivity contribution in [3.8, 4) is 0 Å². The summed E-state index contributed by atoms with van der Waals surface area (Å²) in [6.07, 6.45) is 4.79. The fourth-order valence-electron chi connectivity index (χ4n) is 5.18. The van der Waals surface area contributed by atoms with E-state index in [1.807, 2.05) is 13.8 Å². The van der Waals surface area contributed by atoms with Crippen molar-refractivity contribution in [3.63, 3.8) is 0 Å². The number of nitrogens with one attached hydrogen (secondary N) is 1. The van der Waals surface area contributed by atoms with Crippen LogP contribution in [0.4, 0.5) is 0 Å². The third-order valence-corrected chi connectivity index (χ3v) is 6.81. The van der Waals surface area contributed by atoms with Gasteiger partial charge in [0, 0.05) is 30.2 Å². The number of H-pyrrole nitrogens is 1. The Bertz CT molecular complexity index is 950. The first-order chi connectivity index (χ1) is 16.0. The SMILES string of the molecule is CCC/C(C(=O)c1nc2c(c(=O)[nH]1)COC[C@@H]2COCC)=C(/N)[C@H]1CCCCC12OCCO2. The molecular formula is C24H35N3O6. The van der Waals surface area contributed by atoms with Gasteiger partial charge in [0.25, 0.3) is 5.56 Å². The highest BCUT2D eigenvalue weighted by molar-refractivity contribution is 6.06. The topological polar surface area (TPSA) is 126 Å². The molecule has 33 heavy (non-hydrogen) atoms. The summed E-state index contributed by atoms with van der Waals surface area (Å²) in [7, 11) is 0. The molecule has 0 amide bonds. The zero-order valence-electron chi connectivity index (χ0n) is 19.6. The number of nitrogens with two attached hydrogens (primary N) is 1. The molecule has 0 unspecified atom stereocenters. The third-order valence-electron chi connectivity index (χ3n) is 6.81. The Kier molecular flexibility index (Phi) is 7.63. The summed E-state index contributed by atoms with van der Waals surface area (Å²) >= 11 is 0. The number of nitrogens with zero attached hydrogens (tertiary/aromatic N) is 1. The van der Waals surface area contributed by atoms with Crippen molar-refractivity contribution < 1.29 is 23.7 Å². The highest BCUT2D eigenvalue weighted by Gasteiger charge is 2.48. The van der Waals surface area contributed by atoms with Crippen LogP contribution in [0.2, 0.25) is 0 Å². The van der Waals surface area contributed by atoms with Crippen molar-refractivity contribution in [2.75, 3.05) is 33.0 Å². The number of rotatable bonds is 8. The van der Waals surface area contributed by atoms with Gasteiger partial charge in [0.1, 0.15) is 0 Å². The van der Waals surface area contributed by atoms with Gasteiger partial charge in [-0.05, 0) is 26.2 Å². The molecule has 9 nitrogen and oxygen atoms in total. The summed E-state index contributed by atoms with van der Waals surface area (Å²) < 4.78 is 23.2. The normalized spacial score (nSPS) is 25.0. The summed E-state index contributed by atoms with van der Waals surface area (Å²) in [4.78, 5) is 33.8. The Balaban J connectivity index is 1.71. The highest BCUT2D eigenvalue weighted by atomic mass is 16.7. The molecule has 1 aromatic heterocycles. The van der Waals surface area contributed by atoms with Gasteiger partial charge >= 0.3 is 0 Å². The standard InChI is InChI=1S/C24H35N3O6/c1-3-7-16(19(25)18-8-5-6-9-24(18)32-10-11-33-24)21(28)22-26-20-15(12-30-4-2)13-31-14-17(20)23(29)27-22/h15,18H,3-14,25H2,1-2H3,(H,26,27,29)/b19-16-/t15-,18+/m0/s1. The number of aromatic nitrogens is 2. The Hall–Kier alpha value is -2.07. The van der Waals surface area contributed by atoms with Crippen LogP contribution < -0.4 is 11.3 Å². The molecule has 2 atom stereocenters. The average molecular weight is 462 g/mol. The number of hydrogen-bond acceptors (Lipinski definition) is 8. The summed E-state index contributed by atoms with van der Waals surface area (Å²) in [5.74, 6) is -1.46. The molecule has 9 heteroatoms. The summed E-state index contributed by atoms with van der Waals surface area (Å²) in [6.45, 7) is 6.47. The summed E-state index contributed by atoms with van der Waals surface area (Å²) in [5, 5.41) is 0. The monoisotopic (exact) mass is 461 g/mol. The lowest BCUT2D eigenvalue weighted by atomic mass is 9.79. The number of ether oxygens (including phenoxy) is 4. The minimum Gasteiger partial charge on any atom is -0.401 e. The van der Waals surface area contributed by atoms with Crippen LogP contribution >= 0.6 is 0 Å². The van der Waals surface area contributed by atoms with Crippen LogP contribution in [0.25, 0.3) is 0 Å². The smallest absolute Gasteiger partial charge is 0.257 e. The van der Waals surface area contributed by atoms with Crippen LogP contribution in [0.15, 0.2) is 16.1 Å². The van der Waals surface area contributed by atoms with Crippen LogP contribution in [0, 0.1) is 5.92 Å². The molecule has 3 N–H and O–H groups in total. The molecule has 0 radical (unpaired) electrons. The van der Waals surface area contributed by atoms with Crippen molar-refractivity contribution in [1.29, 1.82) is 0 Å². The van der Waals surface area contributed by atoms with E-state index in [2.05, 4.69) is 9.97 Å². The van der Waals surface area contributed by atoms with Gasteiger partial charge in [0.15, 0.2) is 11.6 Å². The largest absolute Gasteiger partial charge is 0.401 e. The van der Waals surface area contributed by atoms with Gasteiger partial charge in [-0.25, -0.2) is 4.98 Å². The van der Waals surface area contributed by atoms with E-state index in [-0.39, 0.29) is 35.6 Å². The molecule has 1 saturated carbocycles. The zero-order chi connectivity index (χ0) is 23.4. The van der Waals surface area contributed by atoms with Crippen molar-refractivity contribution in [3.05, 3.63) is 38.7 Å². The lowest BCUT2D eigenvalue weighted by Crippen LogP contribution is -2.45. The number of ketones is 1. The van der Waals surface area contributed by atoms with Crippen LogP contribution in [-0.2, 0) is 25.6 Å². The molecule has 0 aromatic carbocycles. The second-order valence-electron chi connectivity index (χ2n) is 8.97. The van der Waals surface area contributed by atoms with Gasteiger partial charge in [-0.1, -0.05) is 19.8 Å². The molecule has 4 rings (SSSR count). The number of hydrogen-bond donors (Lipinski definition) is 2. The third kappa shape index (κ3) is 4.77. The van der Waals surface area contributed by atoms with E-state index < -0.39 is 5.79 Å². The van der Waals surface area contributed by atoms with Gasteiger partial charge in [0.05, 0.1) is 50.2 Å².